The first-order valence-corrected chi connectivity index (χ1v) is 11.6. The van der Waals surface area contributed by atoms with Gasteiger partial charge in [0.2, 0.25) is 0 Å². The molecule has 1 amide bonds. The van der Waals surface area contributed by atoms with Crippen molar-refractivity contribution < 1.29 is 9.53 Å². The lowest BCUT2D eigenvalue weighted by atomic mass is 9.88. The van der Waals surface area contributed by atoms with Crippen molar-refractivity contribution in [1.29, 1.82) is 0 Å². The van der Waals surface area contributed by atoms with Crippen LogP contribution in [0.4, 0.5) is 4.79 Å². The van der Waals surface area contributed by atoms with Crippen LogP contribution in [0.2, 0.25) is 0 Å². The predicted octanol–water partition coefficient (Wildman–Crippen LogP) is 6.14. The van der Waals surface area contributed by atoms with Gasteiger partial charge in [0.1, 0.15) is 6.10 Å². The van der Waals surface area contributed by atoms with Gasteiger partial charge >= 0.3 is 6.09 Å². The summed E-state index contributed by atoms with van der Waals surface area (Å²) in [5, 5.41) is 5.81. The number of ether oxygens (including phenoxy) is 1. The smallest absolute Gasteiger partial charge is 0.410 e. The summed E-state index contributed by atoms with van der Waals surface area (Å²) in [5.74, 6) is 0.737. The predicted molar refractivity (Wildman–Crippen MR) is 131 cm³/mol. The van der Waals surface area contributed by atoms with Gasteiger partial charge in [-0.25, -0.2) is 4.79 Å². The van der Waals surface area contributed by atoms with Crippen molar-refractivity contribution in [1.82, 2.24) is 10.2 Å². The molecule has 3 atom stereocenters. The fourth-order valence-corrected chi connectivity index (χ4v) is 4.76. The molecule has 1 N–H and O–H groups in total. The number of benzene rings is 3. The van der Waals surface area contributed by atoms with E-state index in [4.69, 9.17) is 4.74 Å². The number of carbonyl (C=O) groups excluding carboxylic acids is 1. The van der Waals surface area contributed by atoms with Gasteiger partial charge in [0.05, 0.1) is 0 Å². The molecule has 0 spiro atoms. The van der Waals surface area contributed by atoms with E-state index in [1.165, 1.54) is 5.56 Å². The lowest BCUT2D eigenvalue weighted by Crippen LogP contribution is -2.49. The molecule has 168 valence electrons. The SMILES string of the molecule is C[C@@H](OC(=O)N(CC1CNCC1c1ccccc1)C(C)(C)C)c1cccc2ccccc12. The van der Waals surface area contributed by atoms with Crippen molar-refractivity contribution in [3.8, 4) is 0 Å². The van der Waals surface area contributed by atoms with Gasteiger partial charge in [0.15, 0.2) is 0 Å². The van der Waals surface area contributed by atoms with Gasteiger partial charge in [-0.05, 0) is 49.9 Å². The number of nitrogens with one attached hydrogen (secondary N) is 1. The molecule has 3 aromatic carbocycles. The number of nitrogens with zero attached hydrogens (tertiary/aromatic N) is 1. The van der Waals surface area contributed by atoms with E-state index in [1.807, 2.05) is 42.2 Å². The van der Waals surface area contributed by atoms with Crippen LogP contribution >= 0.6 is 0 Å². The molecular weight excluding hydrogens is 396 g/mol. The summed E-state index contributed by atoms with van der Waals surface area (Å²) in [6.07, 6.45) is -0.582. The Bertz CT molecular complexity index is 1050. The minimum absolute atomic E-state index is 0.253. The van der Waals surface area contributed by atoms with Crippen LogP contribution in [-0.4, -0.2) is 36.2 Å². The zero-order valence-corrected chi connectivity index (χ0v) is 19.5. The van der Waals surface area contributed by atoms with Crippen LogP contribution < -0.4 is 5.32 Å². The van der Waals surface area contributed by atoms with E-state index in [1.54, 1.807) is 0 Å². The Hall–Kier alpha value is -2.85. The first-order valence-electron chi connectivity index (χ1n) is 11.6. The van der Waals surface area contributed by atoms with Gasteiger partial charge in [-0.15, -0.1) is 0 Å². The van der Waals surface area contributed by atoms with Crippen molar-refractivity contribution in [2.24, 2.45) is 5.92 Å². The topological polar surface area (TPSA) is 41.6 Å². The summed E-state index contributed by atoms with van der Waals surface area (Å²) in [4.78, 5) is 15.3. The van der Waals surface area contributed by atoms with Gasteiger partial charge in [0.25, 0.3) is 0 Å². The molecule has 1 saturated heterocycles. The molecule has 1 aliphatic heterocycles. The van der Waals surface area contributed by atoms with Crippen molar-refractivity contribution in [2.45, 2.75) is 45.3 Å². The molecule has 2 unspecified atom stereocenters. The molecule has 0 saturated carbocycles. The average molecular weight is 431 g/mol. The molecule has 0 aliphatic carbocycles. The van der Waals surface area contributed by atoms with Crippen molar-refractivity contribution in [2.75, 3.05) is 19.6 Å². The maximum atomic E-state index is 13.4. The Morgan fingerprint density at radius 2 is 1.69 bits per heavy atom. The molecule has 32 heavy (non-hydrogen) atoms. The third-order valence-electron chi connectivity index (χ3n) is 6.55. The third kappa shape index (κ3) is 4.81. The average Bonchev–Trinajstić information content (AvgIpc) is 3.25. The third-order valence-corrected chi connectivity index (χ3v) is 6.55. The first kappa shape index (κ1) is 22.3. The molecule has 1 fully saturated rings. The second kappa shape index (κ2) is 9.33. The minimum atomic E-state index is -0.334. The number of rotatable bonds is 5. The van der Waals surface area contributed by atoms with Crippen molar-refractivity contribution in [3.63, 3.8) is 0 Å². The molecule has 0 bridgehead atoms. The Morgan fingerprint density at radius 3 is 2.44 bits per heavy atom. The second-order valence-corrected chi connectivity index (χ2v) is 9.81. The number of hydrogen-bond acceptors (Lipinski definition) is 3. The summed E-state index contributed by atoms with van der Waals surface area (Å²) in [6.45, 7) is 10.7. The van der Waals surface area contributed by atoms with E-state index in [9.17, 15) is 4.79 Å². The van der Waals surface area contributed by atoms with E-state index in [2.05, 4.69) is 68.6 Å². The zero-order valence-electron chi connectivity index (χ0n) is 19.5. The van der Waals surface area contributed by atoms with E-state index >= 15 is 0 Å². The highest BCUT2D eigenvalue weighted by Crippen LogP contribution is 2.32. The van der Waals surface area contributed by atoms with Crippen LogP contribution in [0.5, 0.6) is 0 Å². The molecule has 3 aromatic rings. The fraction of sp³-hybridized carbons (Fsp3) is 0.393. The lowest BCUT2D eigenvalue weighted by Gasteiger charge is -2.38. The van der Waals surface area contributed by atoms with Gasteiger partial charge in [-0.3, -0.25) is 0 Å². The zero-order chi connectivity index (χ0) is 22.7. The maximum Gasteiger partial charge on any atom is 0.410 e. The molecule has 0 radical (unpaired) electrons. The van der Waals surface area contributed by atoms with Gasteiger partial charge in [0, 0.05) is 36.7 Å². The Morgan fingerprint density at radius 1 is 1.00 bits per heavy atom. The standard InChI is InChI=1S/C28H34N2O2/c1-20(24-16-10-14-21-13-8-9-15-25(21)24)32-27(31)30(28(2,3)4)19-23-17-29-18-26(23)22-11-6-5-7-12-22/h5-16,20,23,26,29H,17-19H2,1-4H3/t20-,23?,26?/m1/s1. The van der Waals surface area contributed by atoms with Crippen LogP contribution in [0.1, 0.15) is 50.8 Å². The lowest BCUT2D eigenvalue weighted by molar-refractivity contribution is 0.0361. The number of fused-ring (bicyclic) bond motifs is 1. The van der Waals surface area contributed by atoms with Crippen LogP contribution in [0.25, 0.3) is 10.8 Å². The normalized spacial score (nSPS) is 19.6. The Balaban J connectivity index is 1.52. The fourth-order valence-electron chi connectivity index (χ4n) is 4.76. The largest absolute Gasteiger partial charge is 0.441 e. The van der Waals surface area contributed by atoms with Crippen molar-refractivity contribution in [3.05, 3.63) is 83.9 Å². The Labute approximate surface area is 191 Å². The highest BCUT2D eigenvalue weighted by atomic mass is 16.6. The monoisotopic (exact) mass is 430 g/mol. The molecule has 1 heterocycles. The van der Waals surface area contributed by atoms with E-state index < -0.39 is 0 Å². The summed E-state index contributed by atoms with van der Waals surface area (Å²) < 4.78 is 6.05. The number of amides is 1. The maximum absolute atomic E-state index is 13.4. The van der Waals surface area contributed by atoms with Crippen LogP contribution in [0.3, 0.4) is 0 Å². The van der Waals surface area contributed by atoms with Crippen molar-refractivity contribution >= 4 is 16.9 Å². The molecule has 1 aliphatic rings. The van der Waals surface area contributed by atoms with Gasteiger partial charge in [-0.1, -0.05) is 72.8 Å². The highest BCUT2D eigenvalue weighted by Gasteiger charge is 2.36. The summed E-state index contributed by atoms with van der Waals surface area (Å²) in [7, 11) is 0. The summed E-state index contributed by atoms with van der Waals surface area (Å²) in [5.41, 5.74) is 2.03. The second-order valence-electron chi connectivity index (χ2n) is 9.81. The number of hydrogen-bond donors (Lipinski definition) is 1. The molecular formula is C28H34N2O2. The van der Waals surface area contributed by atoms with E-state index in [0.29, 0.717) is 18.4 Å². The molecule has 4 nitrogen and oxygen atoms in total. The van der Waals surface area contributed by atoms with Crippen LogP contribution in [0.15, 0.2) is 72.8 Å². The minimum Gasteiger partial charge on any atom is -0.441 e. The number of carbonyl (C=O) groups is 1. The van der Waals surface area contributed by atoms with Gasteiger partial charge in [-0.2, -0.15) is 0 Å². The highest BCUT2D eigenvalue weighted by molar-refractivity contribution is 5.86. The molecule has 4 rings (SSSR count). The Kier molecular flexibility index (Phi) is 6.52. The van der Waals surface area contributed by atoms with Crippen LogP contribution in [-0.2, 0) is 4.74 Å². The first-order chi connectivity index (χ1) is 15.3. The van der Waals surface area contributed by atoms with E-state index in [-0.39, 0.29) is 17.7 Å². The summed E-state index contributed by atoms with van der Waals surface area (Å²) >= 11 is 0. The quantitative estimate of drug-likeness (QED) is 0.528. The summed E-state index contributed by atoms with van der Waals surface area (Å²) in [6, 6.07) is 25.0. The van der Waals surface area contributed by atoms with Crippen LogP contribution in [0, 0.1) is 5.92 Å². The molecule has 0 aromatic heterocycles. The molecule has 4 heteroatoms. The van der Waals surface area contributed by atoms with E-state index in [0.717, 1.165) is 29.4 Å². The van der Waals surface area contributed by atoms with Gasteiger partial charge < -0.3 is 15.0 Å².